The Morgan fingerprint density at radius 3 is 2.91 bits per heavy atom. The molecule has 0 aromatic carbocycles. The molecule has 118 valence electrons. The molecular weight excluding hydrogens is 298 g/mol. The van der Waals surface area contributed by atoms with Crippen molar-refractivity contribution < 1.29 is 14.4 Å². The molecule has 0 saturated heterocycles. The van der Waals surface area contributed by atoms with Crippen molar-refractivity contribution in [1.29, 1.82) is 5.26 Å². The number of carbonyl (C=O) groups excluding carboxylic acids is 1. The van der Waals surface area contributed by atoms with Gasteiger partial charge in [0.05, 0.1) is 30.6 Å². The minimum atomic E-state index is -0.494. The van der Waals surface area contributed by atoms with Gasteiger partial charge < -0.3 is 9.64 Å². The van der Waals surface area contributed by atoms with E-state index in [1.807, 2.05) is 26.8 Å². The fraction of sp³-hybridized carbons (Fsp3) is 0.562. The van der Waals surface area contributed by atoms with Gasteiger partial charge in [-0.2, -0.15) is 5.26 Å². The number of thioether (sulfide) groups is 1. The summed E-state index contributed by atoms with van der Waals surface area (Å²) in [6, 6.07) is 4.11. The molecule has 2 heterocycles. The van der Waals surface area contributed by atoms with Crippen LogP contribution < -0.4 is 4.90 Å². The van der Waals surface area contributed by atoms with Crippen LogP contribution in [-0.2, 0) is 22.5 Å². The number of ether oxygens (including phenoxy) is 1. The Kier molecular flexibility index (Phi) is 5.09. The van der Waals surface area contributed by atoms with E-state index in [1.54, 1.807) is 0 Å². The summed E-state index contributed by atoms with van der Waals surface area (Å²) in [5.41, 5.74) is 2.24. The van der Waals surface area contributed by atoms with Crippen molar-refractivity contribution in [3.8, 4) is 6.07 Å². The van der Waals surface area contributed by atoms with E-state index in [2.05, 4.69) is 18.1 Å². The van der Waals surface area contributed by atoms with Gasteiger partial charge in [-0.15, -0.1) is 0 Å². The molecule has 5 nitrogen and oxygen atoms in total. The van der Waals surface area contributed by atoms with Crippen LogP contribution in [0, 0.1) is 11.3 Å². The largest absolute Gasteiger partial charge is 0.459 e. The third kappa shape index (κ3) is 4.46. The van der Waals surface area contributed by atoms with Crippen LogP contribution in [0.25, 0.3) is 0 Å². The monoisotopic (exact) mass is 320 g/mol. The molecule has 1 aliphatic heterocycles. The van der Waals surface area contributed by atoms with Crippen LogP contribution in [0.15, 0.2) is 11.1 Å². The third-order valence-corrected chi connectivity index (χ3v) is 4.27. The molecule has 1 aromatic rings. The second-order valence-electron chi connectivity index (χ2n) is 6.57. The van der Waals surface area contributed by atoms with Crippen LogP contribution in [0.5, 0.6) is 0 Å². The number of esters is 1. The summed E-state index contributed by atoms with van der Waals surface area (Å²) in [5.74, 6) is -0.117. The number of aromatic nitrogens is 1. The molecule has 1 atom stereocenters. The standard InChI is InChI=1S/C16H21N3O2S/c1-16(2,3)21-14(20)10-22-15-11(8-17)7-12-9-19(4)6-5-13(12)18-15/h7H,5-6,9-10H2,1-4H3/p+1. The first-order chi connectivity index (χ1) is 10.3. The number of hydrogen-bond donors (Lipinski definition) is 1. The lowest BCUT2D eigenvalue weighted by atomic mass is 10.0. The molecule has 0 saturated carbocycles. The molecule has 0 bridgehead atoms. The number of quaternary nitrogens is 1. The number of likely N-dealkylation sites (N-methyl/N-ethyl adjacent to an activating group) is 1. The van der Waals surface area contributed by atoms with Gasteiger partial charge in [0.2, 0.25) is 0 Å². The van der Waals surface area contributed by atoms with E-state index in [1.165, 1.54) is 16.7 Å². The maximum Gasteiger partial charge on any atom is 0.316 e. The Labute approximate surface area is 135 Å². The number of nitrogens with zero attached hydrogens (tertiary/aromatic N) is 2. The number of rotatable bonds is 3. The number of nitriles is 1. The molecule has 0 spiro atoms. The lowest BCUT2D eigenvalue weighted by Gasteiger charge is -2.22. The van der Waals surface area contributed by atoms with E-state index < -0.39 is 5.60 Å². The van der Waals surface area contributed by atoms with E-state index in [4.69, 9.17) is 4.74 Å². The van der Waals surface area contributed by atoms with Crippen LogP contribution in [0.2, 0.25) is 0 Å². The van der Waals surface area contributed by atoms with Gasteiger partial charge in [0.15, 0.2) is 0 Å². The fourth-order valence-corrected chi connectivity index (χ4v) is 3.13. The highest BCUT2D eigenvalue weighted by Gasteiger charge is 2.22. The van der Waals surface area contributed by atoms with Gasteiger partial charge in [-0.1, -0.05) is 11.8 Å². The predicted octanol–water partition coefficient (Wildman–Crippen LogP) is 0.958. The summed E-state index contributed by atoms with van der Waals surface area (Å²) in [5, 5.41) is 9.94. The van der Waals surface area contributed by atoms with E-state index in [9.17, 15) is 10.1 Å². The van der Waals surface area contributed by atoms with Crippen molar-refractivity contribution >= 4 is 17.7 Å². The van der Waals surface area contributed by atoms with Crippen molar-refractivity contribution in [2.45, 2.75) is 44.4 Å². The number of hydrogen-bond acceptors (Lipinski definition) is 5. The summed E-state index contributed by atoms with van der Waals surface area (Å²) in [6.07, 6.45) is 0.910. The van der Waals surface area contributed by atoms with Crippen LogP contribution in [0.3, 0.4) is 0 Å². The smallest absolute Gasteiger partial charge is 0.316 e. The highest BCUT2D eigenvalue weighted by atomic mass is 32.2. The van der Waals surface area contributed by atoms with Gasteiger partial charge in [-0.05, 0) is 26.8 Å². The molecule has 2 rings (SSSR count). The Morgan fingerprint density at radius 2 is 2.27 bits per heavy atom. The summed E-state index contributed by atoms with van der Waals surface area (Å²) < 4.78 is 5.29. The third-order valence-electron chi connectivity index (χ3n) is 3.30. The zero-order chi connectivity index (χ0) is 16.3. The van der Waals surface area contributed by atoms with Crippen molar-refractivity contribution in [1.82, 2.24) is 4.98 Å². The molecule has 22 heavy (non-hydrogen) atoms. The minimum Gasteiger partial charge on any atom is -0.459 e. The molecule has 0 fully saturated rings. The lowest BCUT2D eigenvalue weighted by molar-refractivity contribution is -0.895. The topological polar surface area (TPSA) is 67.4 Å². The Bertz CT molecular complexity index is 617. The zero-order valence-corrected chi connectivity index (χ0v) is 14.3. The summed E-state index contributed by atoms with van der Waals surface area (Å²) in [6.45, 7) is 7.46. The van der Waals surface area contributed by atoms with Crippen molar-refractivity contribution in [3.63, 3.8) is 0 Å². The van der Waals surface area contributed by atoms with Crippen molar-refractivity contribution in [2.24, 2.45) is 0 Å². The van der Waals surface area contributed by atoms with Gasteiger partial charge in [0.25, 0.3) is 0 Å². The molecule has 6 heteroatoms. The Balaban J connectivity index is 2.11. The average Bonchev–Trinajstić information content (AvgIpc) is 2.42. The minimum absolute atomic E-state index is 0.170. The first-order valence-electron chi connectivity index (χ1n) is 7.37. The second-order valence-corrected chi connectivity index (χ2v) is 7.53. The molecule has 1 aromatic heterocycles. The van der Waals surface area contributed by atoms with E-state index in [0.29, 0.717) is 10.6 Å². The van der Waals surface area contributed by atoms with E-state index in [-0.39, 0.29) is 11.7 Å². The van der Waals surface area contributed by atoms with Crippen molar-refractivity contribution in [2.75, 3.05) is 19.3 Å². The molecule has 1 unspecified atom stereocenters. The van der Waals surface area contributed by atoms with Gasteiger partial charge in [-0.3, -0.25) is 4.79 Å². The summed E-state index contributed by atoms with van der Waals surface area (Å²) in [7, 11) is 2.14. The van der Waals surface area contributed by atoms with Crippen LogP contribution in [-0.4, -0.2) is 35.9 Å². The molecule has 0 aliphatic carbocycles. The van der Waals surface area contributed by atoms with Crippen molar-refractivity contribution in [3.05, 3.63) is 22.9 Å². The Hall–Kier alpha value is -1.58. The van der Waals surface area contributed by atoms with E-state index >= 15 is 0 Å². The predicted molar refractivity (Wildman–Crippen MR) is 84.7 cm³/mol. The summed E-state index contributed by atoms with van der Waals surface area (Å²) in [4.78, 5) is 17.8. The zero-order valence-electron chi connectivity index (χ0n) is 13.5. The first kappa shape index (κ1) is 16.8. The quantitative estimate of drug-likeness (QED) is 0.664. The normalized spacial score (nSPS) is 17.5. The first-order valence-corrected chi connectivity index (χ1v) is 8.36. The average molecular weight is 320 g/mol. The maximum absolute atomic E-state index is 11.8. The molecule has 0 radical (unpaired) electrons. The fourth-order valence-electron chi connectivity index (χ4n) is 2.38. The summed E-state index contributed by atoms with van der Waals surface area (Å²) >= 11 is 1.28. The number of carbonyl (C=O) groups is 1. The second kappa shape index (κ2) is 6.67. The molecule has 1 aliphatic rings. The molecule has 1 N–H and O–H groups in total. The molecule has 0 amide bonds. The van der Waals surface area contributed by atoms with Gasteiger partial charge in [0.1, 0.15) is 23.2 Å². The van der Waals surface area contributed by atoms with Crippen LogP contribution in [0.4, 0.5) is 0 Å². The SMILES string of the molecule is C[NH+]1CCc2nc(SCC(=O)OC(C)(C)C)c(C#N)cc2C1. The van der Waals surface area contributed by atoms with Crippen LogP contribution in [0.1, 0.15) is 37.6 Å². The number of nitrogens with one attached hydrogen (secondary N) is 1. The Morgan fingerprint density at radius 1 is 1.55 bits per heavy atom. The van der Waals surface area contributed by atoms with Crippen LogP contribution >= 0.6 is 11.8 Å². The number of pyridine rings is 1. The lowest BCUT2D eigenvalue weighted by Crippen LogP contribution is -3.08. The van der Waals surface area contributed by atoms with Gasteiger partial charge in [0, 0.05) is 12.0 Å². The van der Waals surface area contributed by atoms with E-state index in [0.717, 1.165) is 30.8 Å². The highest BCUT2D eigenvalue weighted by Crippen LogP contribution is 2.24. The van der Waals surface area contributed by atoms with Gasteiger partial charge >= 0.3 is 5.97 Å². The van der Waals surface area contributed by atoms with Gasteiger partial charge in [-0.25, -0.2) is 4.98 Å². The maximum atomic E-state index is 11.8. The molecular formula is C16H22N3O2S+. The number of fused-ring (bicyclic) bond motifs is 1. The highest BCUT2D eigenvalue weighted by molar-refractivity contribution is 7.99.